The van der Waals surface area contributed by atoms with Crippen LogP contribution in [0.4, 0.5) is 0 Å². The minimum absolute atomic E-state index is 0. The van der Waals surface area contributed by atoms with E-state index in [1.807, 2.05) is 0 Å². The summed E-state index contributed by atoms with van der Waals surface area (Å²) in [5.74, 6) is 0.838. The molecule has 0 aromatic carbocycles. The van der Waals surface area contributed by atoms with E-state index in [1.165, 1.54) is 25.8 Å². The first-order chi connectivity index (χ1) is 4.72. The van der Waals surface area contributed by atoms with Gasteiger partial charge in [0.1, 0.15) is 0 Å². The summed E-state index contributed by atoms with van der Waals surface area (Å²) in [6.45, 7) is 5.96. The van der Waals surface area contributed by atoms with E-state index in [-0.39, 0.29) is 32.7 Å². The fourth-order valence-electron chi connectivity index (χ4n) is 1.94. The van der Waals surface area contributed by atoms with Gasteiger partial charge >= 0.3 is 0 Å². The summed E-state index contributed by atoms with van der Waals surface area (Å²) in [6.07, 6.45) is 4.25. The fourth-order valence-corrected chi connectivity index (χ4v) is 1.94. The molecule has 63 valence electrons. The maximum Gasteiger partial charge on any atom is 0.0115 e. The smallest absolute Gasteiger partial charge is 0.0115 e. The molecular formula is C9H19NY. The Morgan fingerprint density at radius 1 is 1.27 bits per heavy atom. The summed E-state index contributed by atoms with van der Waals surface area (Å²) in [5.41, 5.74) is 0. The zero-order chi connectivity index (χ0) is 7.56. The van der Waals surface area contributed by atoms with Crippen LogP contribution in [0.25, 0.3) is 0 Å². The van der Waals surface area contributed by atoms with E-state index in [0.717, 1.165) is 12.0 Å². The molecule has 1 rings (SSSR count). The molecule has 1 heterocycles. The zero-order valence-corrected chi connectivity index (χ0v) is 10.8. The number of hydrogen-bond acceptors (Lipinski definition) is 1. The van der Waals surface area contributed by atoms with Gasteiger partial charge in [0.2, 0.25) is 0 Å². The van der Waals surface area contributed by atoms with E-state index in [0.29, 0.717) is 0 Å². The Balaban J connectivity index is 0.000001000. The van der Waals surface area contributed by atoms with Crippen molar-refractivity contribution in [1.29, 1.82) is 0 Å². The number of rotatable bonds is 1. The molecule has 0 aromatic rings. The molecular weight excluding hydrogens is 211 g/mol. The summed E-state index contributed by atoms with van der Waals surface area (Å²) < 4.78 is 0. The van der Waals surface area contributed by atoms with Crippen molar-refractivity contribution in [1.82, 2.24) is 4.90 Å². The Hall–Kier alpha value is 1.06. The average molecular weight is 230 g/mol. The van der Waals surface area contributed by atoms with Crippen LogP contribution in [0.15, 0.2) is 0 Å². The van der Waals surface area contributed by atoms with Crippen LogP contribution in [0.2, 0.25) is 0 Å². The molecule has 0 N–H and O–H groups in total. The molecule has 1 saturated heterocycles. The van der Waals surface area contributed by atoms with Crippen molar-refractivity contribution in [2.75, 3.05) is 13.6 Å². The maximum atomic E-state index is 2.51. The minimum Gasteiger partial charge on any atom is -0.303 e. The molecule has 1 radical (unpaired) electrons. The molecule has 0 spiro atoms. The Labute approximate surface area is 95.8 Å². The molecule has 1 atom stereocenters. The molecule has 2 heteroatoms. The summed E-state index contributed by atoms with van der Waals surface area (Å²) in [7, 11) is 2.25. The number of piperidine rings is 1. The van der Waals surface area contributed by atoms with Gasteiger partial charge in [-0.3, -0.25) is 0 Å². The van der Waals surface area contributed by atoms with Gasteiger partial charge in [-0.2, -0.15) is 0 Å². The van der Waals surface area contributed by atoms with Crippen LogP contribution in [-0.4, -0.2) is 24.5 Å². The molecule has 0 aromatic heterocycles. The van der Waals surface area contributed by atoms with Crippen molar-refractivity contribution >= 4 is 0 Å². The second kappa shape index (κ2) is 5.67. The van der Waals surface area contributed by atoms with Gasteiger partial charge in [-0.05, 0) is 32.4 Å². The van der Waals surface area contributed by atoms with Gasteiger partial charge < -0.3 is 4.90 Å². The second-order valence-corrected chi connectivity index (χ2v) is 3.79. The second-order valence-electron chi connectivity index (χ2n) is 3.79. The van der Waals surface area contributed by atoms with Crippen molar-refractivity contribution in [3.63, 3.8) is 0 Å². The van der Waals surface area contributed by atoms with Gasteiger partial charge in [0.05, 0.1) is 0 Å². The van der Waals surface area contributed by atoms with E-state index in [1.54, 1.807) is 0 Å². The van der Waals surface area contributed by atoms with Crippen molar-refractivity contribution in [2.24, 2.45) is 5.92 Å². The fraction of sp³-hybridized carbons (Fsp3) is 1.00. The average Bonchev–Trinajstić information content (AvgIpc) is 1.88. The standard InChI is InChI=1S/C9H19N.Y/c1-8(2)9-6-4-5-7-10(9)3;/h8-9H,4-7H2,1-3H3;. The topological polar surface area (TPSA) is 3.24 Å². The Bertz CT molecular complexity index is 104. The monoisotopic (exact) mass is 230 g/mol. The summed E-state index contributed by atoms with van der Waals surface area (Å²) in [5, 5.41) is 0. The largest absolute Gasteiger partial charge is 0.303 e. The van der Waals surface area contributed by atoms with Crippen molar-refractivity contribution in [2.45, 2.75) is 39.2 Å². The van der Waals surface area contributed by atoms with Gasteiger partial charge in [-0.25, -0.2) is 0 Å². The van der Waals surface area contributed by atoms with Gasteiger partial charge in [0, 0.05) is 38.8 Å². The number of likely N-dealkylation sites (tertiary alicyclic amines) is 1. The summed E-state index contributed by atoms with van der Waals surface area (Å²) in [6, 6.07) is 0.855. The molecule has 11 heavy (non-hydrogen) atoms. The van der Waals surface area contributed by atoms with Gasteiger partial charge in [0.25, 0.3) is 0 Å². The van der Waals surface area contributed by atoms with Crippen LogP contribution in [0.3, 0.4) is 0 Å². The molecule has 1 unspecified atom stereocenters. The Kier molecular flexibility index (Phi) is 6.21. The third-order valence-electron chi connectivity index (χ3n) is 2.60. The maximum absolute atomic E-state index is 2.51. The Morgan fingerprint density at radius 2 is 1.91 bits per heavy atom. The molecule has 0 amide bonds. The molecule has 0 aliphatic carbocycles. The van der Waals surface area contributed by atoms with E-state index in [9.17, 15) is 0 Å². The van der Waals surface area contributed by atoms with E-state index in [4.69, 9.17) is 0 Å². The number of hydrogen-bond donors (Lipinski definition) is 0. The first-order valence-electron chi connectivity index (χ1n) is 4.42. The molecule has 1 aliphatic rings. The van der Waals surface area contributed by atoms with E-state index in [2.05, 4.69) is 25.8 Å². The summed E-state index contributed by atoms with van der Waals surface area (Å²) >= 11 is 0. The minimum atomic E-state index is 0. The van der Waals surface area contributed by atoms with Crippen LogP contribution in [0.5, 0.6) is 0 Å². The van der Waals surface area contributed by atoms with Crippen LogP contribution in [0, 0.1) is 5.92 Å². The van der Waals surface area contributed by atoms with Crippen LogP contribution < -0.4 is 0 Å². The first kappa shape index (κ1) is 12.1. The quantitative estimate of drug-likeness (QED) is 0.667. The third kappa shape index (κ3) is 3.52. The summed E-state index contributed by atoms with van der Waals surface area (Å²) in [4.78, 5) is 2.51. The predicted octanol–water partition coefficient (Wildman–Crippen LogP) is 2.12. The normalized spacial score (nSPS) is 26.7. The van der Waals surface area contributed by atoms with E-state index < -0.39 is 0 Å². The van der Waals surface area contributed by atoms with Gasteiger partial charge in [0.15, 0.2) is 0 Å². The van der Waals surface area contributed by atoms with Crippen LogP contribution in [-0.2, 0) is 32.7 Å². The van der Waals surface area contributed by atoms with Gasteiger partial charge in [-0.15, -0.1) is 0 Å². The van der Waals surface area contributed by atoms with Crippen molar-refractivity contribution in [3.8, 4) is 0 Å². The van der Waals surface area contributed by atoms with Crippen LogP contribution >= 0.6 is 0 Å². The molecule has 0 saturated carbocycles. The predicted molar refractivity (Wildman–Crippen MR) is 45.1 cm³/mol. The zero-order valence-electron chi connectivity index (χ0n) is 8.01. The molecule has 1 nitrogen and oxygen atoms in total. The van der Waals surface area contributed by atoms with E-state index >= 15 is 0 Å². The number of nitrogens with zero attached hydrogens (tertiary/aromatic N) is 1. The third-order valence-corrected chi connectivity index (χ3v) is 2.60. The molecule has 1 aliphatic heterocycles. The van der Waals surface area contributed by atoms with Crippen LogP contribution in [0.1, 0.15) is 33.1 Å². The Morgan fingerprint density at radius 3 is 2.27 bits per heavy atom. The van der Waals surface area contributed by atoms with Crippen molar-refractivity contribution in [3.05, 3.63) is 0 Å². The van der Waals surface area contributed by atoms with Gasteiger partial charge in [-0.1, -0.05) is 20.3 Å². The van der Waals surface area contributed by atoms with Crippen molar-refractivity contribution < 1.29 is 32.7 Å². The SMILES string of the molecule is CC(C)C1CCCCN1C.[Y]. The molecule has 1 fully saturated rings. The first-order valence-corrected chi connectivity index (χ1v) is 4.42. The molecule has 0 bridgehead atoms.